The lowest BCUT2D eigenvalue weighted by atomic mass is 10.0. The van der Waals surface area contributed by atoms with Crippen LogP contribution in [-0.2, 0) is 11.3 Å². The van der Waals surface area contributed by atoms with Gasteiger partial charge >= 0.3 is 0 Å². The number of carbonyl (C=O) groups excluding carboxylic acids is 1. The maximum Gasteiger partial charge on any atom is 0.230 e. The molecular weight excluding hydrogens is 565 g/mol. The summed E-state index contributed by atoms with van der Waals surface area (Å²) in [6, 6.07) is 14.1. The van der Waals surface area contributed by atoms with Gasteiger partial charge < -0.3 is 11.1 Å². The van der Waals surface area contributed by atoms with Crippen molar-refractivity contribution in [2.24, 2.45) is 0 Å². The molecule has 1 aliphatic heterocycles. The zero-order valence-electron chi connectivity index (χ0n) is 19.8. The lowest BCUT2D eigenvalue weighted by molar-refractivity contribution is -0.119. The van der Waals surface area contributed by atoms with Gasteiger partial charge in [0.25, 0.3) is 0 Å². The van der Waals surface area contributed by atoms with E-state index in [1.54, 1.807) is 11.3 Å². The van der Waals surface area contributed by atoms with E-state index in [4.69, 9.17) is 33.9 Å². The van der Waals surface area contributed by atoms with Crippen molar-refractivity contribution in [3.8, 4) is 22.5 Å². The normalized spacial score (nSPS) is 14.6. The van der Waals surface area contributed by atoms with E-state index >= 15 is 0 Å². The van der Waals surface area contributed by atoms with Gasteiger partial charge in [-0.2, -0.15) is 0 Å². The number of carbonyl (C=O) groups is 1. The second-order valence-electron chi connectivity index (χ2n) is 8.80. The number of nitrogens with one attached hydrogen (secondary N) is 1. The van der Waals surface area contributed by atoms with Gasteiger partial charge in [-0.3, -0.25) is 9.69 Å². The Kier molecular flexibility index (Phi) is 8.69. The minimum atomic E-state index is 0.0524. The number of thiazole rings is 2. The van der Waals surface area contributed by atoms with Gasteiger partial charge in [0.2, 0.25) is 5.91 Å². The van der Waals surface area contributed by atoms with Gasteiger partial charge in [-0.05, 0) is 30.5 Å². The summed E-state index contributed by atoms with van der Waals surface area (Å²) in [6.45, 7) is 2.70. The van der Waals surface area contributed by atoms with Crippen LogP contribution >= 0.6 is 57.6 Å². The lowest BCUT2D eigenvalue weighted by Gasteiger charge is -2.32. The van der Waals surface area contributed by atoms with Crippen molar-refractivity contribution in [2.75, 3.05) is 24.6 Å². The minimum absolute atomic E-state index is 0.0524. The second-order valence-corrected chi connectivity index (χ2v) is 12.6. The summed E-state index contributed by atoms with van der Waals surface area (Å²) in [6.07, 6.45) is 1.87. The Hall–Kier alpha value is -2.14. The van der Waals surface area contributed by atoms with Crippen LogP contribution in [0.4, 0.5) is 5.13 Å². The molecule has 0 saturated carbocycles. The smallest absolute Gasteiger partial charge is 0.230 e. The minimum Gasteiger partial charge on any atom is -0.375 e. The van der Waals surface area contributed by atoms with Crippen molar-refractivity contribution in [3.05, 3.63) is 68.8 Å². The highest BCUT2D eigenvalue weighted by Gasteiger charge is 2.21. The molecule has 0 radical (unpaired) electrons. The topological polar surface area (TPSA) is 84.1 Å². The molecule has 192 valence electrons. The number of nitrogens with zero attached hydrogens (tertiary/aromatic N) is 3. The Morgan fingerprint density at radius 2 is 1.68 bits per heavy atom. The van der Waals surface area contributed by atoms with Crippen LogP contribution in [0.1, 0.15) is 18.4 Å². The predicted molar refractivity (Wildman–Crippen MR) is 157 cm³/mol. The summed E-state index contributed by atoms with van der Waals surface area (Å²) in [5.41, 5.74) is 10.7. The number of thioether (sulfide) groups is 1. The highest BCUT2D eigenvalue weighted by Crippen LogP contribution is 2.30. The molecule has 6 nitrogen and oxygen atoms in total. The predicted octanol–water partition coefficient (Wildman–Crippen LogP) is 6.70. The van der Waals surface area contributed by atoms with Crippen LogP contribution in [0.2, 0.25) is 10.0 Å². The summed E-state index contributed by atoms with van der Waals surface area (Å²) < 4.78 is 0.887. The average molecular weight is 591 g/mol. The van der Waals surface area contributed by atoms with Crippen LogP contribution in [0.15, 0.2) is 57.6 Å². The van der Waals surface area contributed by atoms with Crippen LogP contribution < -0.4 is 11.1 Å². The standard InChI is InChI=1S/C26H25Cl2N5OS3/c27-20-6-1-16(11-21(20)28)12-33-9-7-19(8-10-33)30-24(34)15-37-26-32-23(14-36-26)18-4-2-17(3-5-18)22-13-35-25(29)31-22/h1-6,11,13-14,19H,7-10,12,15H2,(H2,29,31)(H,30,34). The Balaban J connectivity index is 1.06. The number of nitrogens with two attached hydrogens (primary N) is 1. The molecule has 37 heavy (non-hydrogen) atoms. The first-order valence-corrected chi connectivity index (χ1v) is 15.3. The number of benzene rings is 2. The van der Waals surface area contributed by atoms with Gasteiger partial charge in [-0.15, -0.1) is 22.7 Å². The van der Waals surface area contributed by atoms with E-state index in [2.05, 4.69) is 15.2 Å². The molecule has 2 aromatic heterocycles. The van der Waals surface area contributed by atoms with Crippen molar-refractivity contribution in [1.29, 1.82) is 0 Å². The Bertz CT molecular complexity index is 1370. The van der Waals surface area contributed by atoms with E-state index in [0.29, 0.717) is 20.9 Å². The number of halogens is 2. The molecule has 0 atom stereocenters. The summed E-state index contributed by atoms with van der Waals surface area (Å²) in [5.74, 6) is 0.414. The van der Waals surface area contributed by atoms with Crippen LogP contribution in [0.5, 0.6) is 0 Å². The zero-order chi connectivity index (χ0) is 25.8. The van der Waals surface area contributed by atoms with Gasteiger partial charge in [0.1, 0.15) is 0 Å². The first-order chi connectivity index (χ1) is 17.9. The third-order valence-electron chi connectivity index (χ3n) is 6.15. The summed E-state index contributed by atoms with van der Waals surface area (Å²) in [7, 11) is 0. The van der Waals surface area contributed by atoms with Crippen molar-refractivity contribution in [3.63, 3.8) is 0 Å². The van der Waals surface area contributed by atoms with Gasteiger partial charge in [0.05, 0.1) is 27.2 Å². The Morgan fingerprint density at radius 1 is 1.00 bits per heavy atom. The van der Waals surface area contributed by atoms with Crippen LogP contribution in [0, 0.1) is 0 Å². The monoisotopic (exact) mass is 589 g/mol. The number of piperidine rings is 1. The molecular formula is C26H25Cl2N5OS3. The number of nitrogen functional groups attached to an aromatic ring is 1. The quantitative estimate of drug-likeness (QED) is 0.222. The third-order valence-corrected chi connectivity index (χ3v) is 9.59. The van der Waals surface area contributed by atoms with Crippen LogP contribution in [0.25, 0.3) is 22.5 Å². The zero-order valence-corrected chi connectivity index (χ0v) is 23.8. The number of rotatable bonds is 8. The molecule has 3 heterocycles. The van der Waals surface area contributed by atoms with E-state index in [0.717, 1.165) is 64.9 Å². The first-order valence-electron chi connectivity index (χ1n) is 11.8. The SMILES string of the molecule is Nc1nc(-c2ccc(-c3csc(SCC(=O)NC4CCN(Cc5ccc(Cl)c(Cl)c5)CC4)n3)cc2)cs1. The molecule has 5 rings (SSSR count). The number of anilines is 1. The fourth-order valence-electron chi connectivity index (χ4n) is 4.22. The summed E-state index contributed by atoms with van der Waals surface area (Å²) >= 11 is 16.6. The highest BCUT2D eigenvalue weighted by atomic mass is 35.5. The maximum absolute atomic E-state index is 12.6. The molecule has 0 bridgehead atoms. The number of hydrogen-bond acceptors (Lipinski definition) is 8. The number of aromatic nitrogens is 2. The molecule has 2 aromatic carbocycles. The molecule has 1 aliphatic rings. The van der Waals surface area contributed by atoms with Crippen LogP contribution in [0.3, 0.4) is 0 Å². The first kappa shape index (κ1) is 26.5. The number of hydrogen-bond donors (Lipinski definition) is 2. The highest BCUT2D eigenvalue weighted by molar-refractivity contribution is 8.01. The van der Waals surface area contributed by atoms with Crippen molar-refractivity contribution >= 4 is 68.7 Å². The molecule has 1 saturated heterocycles. The molecule has 4 aromatic rings. The van der Waals surface area contributed by atoms with Gasteiger partial charge in [-0.25, -0.2) is 9.97 Å². The Morgan fingerprint density at radius 3 is 2.32 bits per heavy atom. The largest absolute Gasteiger partial charge is 0.375 e. The molecule has 1 amide bonds. The molecule has 11 heteroatoms. The van der Waals surface area contributed by atoms with E-state index in [9.17, 15) is 4.79 Å². The lowest BCUT2D eigenvalue weighted by Crippen LogP contribution is -2.44. The van der Waals surface area contributed by atoms with E-state index in [1.807, 2.05) is 53.2 Å². The van der Waals surface area contributed by atoms with Crippen molar-refractivity contribution in [2.45, 2.75) is 29.8 Å². The molecule has 3 N–H and O–H groups in total. The number of amides is 1. The number of likely N-dealkylation sites (tertiary alicyclic amines) is 1. The molecule has 0 spiro atoms. The van der Waals surface area contributed by atoms with Gasteiger partial charge in [0, 0.05) is 47.6 Å². The van der Waals surface area contributed by atoms with E-state index in [-0.39, 0.29) is 11.9 Å². The molecule has 0 unspecified atom stereocenters. The van der Waals surface area contributed by atoms with Gasteiger partial charge in [-0.1, -0.05) is 65.3 Å². The Labute approximate surface area is 238 Å². The maximum atomic E-state index is 12.6. The fourth-order valence-corrected chi connectivity index (χ4v) is 6.76. The summed E-state index contributed by atoms with van der Waals surface area (Å²) in [5, 5.41) is 8.89. The third kappa shape index (κ3) is 7.04. The average Bonchev–Trinajstić information content (AvgIpc) is 3.56. The van der Waals surface area contributed by atoms with E-state index in [1.165, 1.54) is 23.1 Å². The van der Waals surface area contributed by atoms with Crippen molar-refractivity contribution in [1.82, 2.24) is 20.2 Å². The van der Waals surface area contributed by atoms with E-state index < -0.39 is 0 Å². The van der Waals surface area contributed by atoms with Crippen LogP contribution in [-0.4, -0.2) is 45.7 Å². The van der Waals surface area contributed by atoms with Crippen molar-refractivity contribution < 1.29 is 4.79 Å². The fraction of sp³-hybridized carbons (Fsp3) is 0.269. The molecule has 0 aliphatic carbocycles. The summed E-state index contributed by atoms with van der Waals surface area (Å²) in [4.78, 5) is 24.0. The second kappa shape index (κ2) is 12.1. The molecule has 1 fully saturated rings. The van der Waals surface area contributed by atoms with Gasteiger partial charge in [0.15, 0.2) is 9.47 Å².